The van der Waals surface area contributed by atoms with E-state index in [9.17, 15) is 22.5 Å². The van der Waals surface area contributed by atoms with Crippen LogP contribution >= 0.6 is 7.82 Å². The molecular formula is C20H20F3N6O6P. The van der Waals surface area contributed by atoms with Crippen LogP contribution in [0.1, 0.15) is 13.3 Å². The Morgan fingerprint density at radius 3 is 2.67 bits per heavy atom. The van der Waals surface area contributed by atoms with Crippen LogP contribution in [-0.2, 0) is 20.4 Å². The van der Waals surface area contributed by atoms with Crippen molar-refractivity contribution in [3.63, 3.8) is 0 Å². The van der Waals surface area contributed by atoms with E-state index in [0.717, 1.165) is 17.4 Å². The smallest absolute Gasteiger partial charge is 0.441 e. The Bertz CT molecular complexity index is 1290. The zero-order chi connectivity index (χ0) is 26.0. The van der Waals surface area contributed by atoms with Gasteiger partial charge in [0.15, 0.2) is 12.2 Å². The Kier molecular flexibility index (Phi) is 7.36. The average molecular weight is 528 g/mol. The molecule has 3 aromatic rings. The van der Waals surface area contributed by atoms with Crippen molar-refractivity contribution in [2.75, 3.05) is 11.4 Å². The number of hydrogen-bond donors (Lipinski definition) is 2. The summed E-state index contributed by atoms with van der Waals surface area (Å²) in [7, 11) is -5.28. The fourth-order valence-corrected chi connectivity index (χ4v) is 4.08. The SMILES string of the molecule is CCCn1nnc(-c2ccc(-c3ccc(N4C[C@@H](C(OP(=O)(O)O)C(F)F)OC4=O)cc3F)cn2)n1. The van der Waals surface area contributed by atoms with Crippen molar-refractivity contribution in [1.82, 2.24) is 25.2 Å². The van der Waals surface area contributed by atoms with E-state index in [0.29, 0.717) is 23.6 Å². The summed E-state index contributed by atoms with van der Waals surface area (Å²) in [5.41, 5.74) is 1.00. The minimum Gasteiger partial charge on any atom is -0.441 e. The fraction of sp³-hybridized carbons (Fsp3) is 0.350. The van der Waals surface area contributed by atoms with Crippen LogP contribution in [0, 0.1) is 5.82 Å². The minimum atomic E-state index is -5.28. The molecule has 1 saturated heterocycles. The number of amides is 1. The van der Waals surface area contributed by atoms with Crippen LogP contribution in [0.3, 0.4) is 0 Å². The van der Waals surface area contributed by atoms with E-state index in [-0.39, 0.29) is 11.3 Å². The summed E-state index contributed by atoms with van der Waals surface area (Å²) in [5.74, 6) is -0.417. The number of benzene rings is 1. The number of alkyl halides is 2. The van der Waals surface area contributed by atoms with Crippen LogP contribution in [0.25, 0.3) is 22.6 Å². The van der Waals surface area contributed by atoms with Crippen LogP contribution in [0.5, 0.6) is 0 Å². The number of tetrazole rings is 1. The molecule has 1 amide bonds. The lowest BCUT2D eigenvalue weighted by atomic mass is 10.1. The zero-order valence-corrected chi connectivity index (χ0v) is 19.5. The molecule has 1 fully saturated rings. The highest BCUT2D eigenvalue weighted by Gasteiger charge is 2.45. The summed E-state index contributed by atoms with van der Waals surface area (Å²) in [6, 6.07) is 6.95. The van der Waals surface area contributed by atoms with E-state index in [2.05, 4.69) is 24.9 Å². The third kappa shape index (κ3) is 5.70. The van der Waals surface area contributed by atoms with Gasteiger partial charge in [0, 0.05) is 17.3 Å². The standard InChI is InChI=1S/C20H20F3N6O6P/c1-2-7-29-26-19(25-27-29)15-6-3-11(9-24-15)13-5-4-12(8-14(13)21)28-10-16(34-20(28)30)17(18(22)23)35-36(31,32)33/h3-6,8-9,16-18H,2,7,10H2,1H3,(H2,31,32,33)/t16-,17?/m0/s1. The largest absolute Gasteiger partial charge is 0.470 e. The van der Waals surface area contributed by atoms with E-state index in [1.165, 1.54) is 23.1 Å². The number of pyridine rings is 1. The van der Waals surface area contributed by atoms with Gasteiger partial charge >= 0.3 is 13.9 Å². The number of aromatic nitrogens is 5. The summed E-state index contributed by atoms with van der Waals surface area (Å²) in [5, 5.41) is 12.1. The van der Waals surface area contributed by atoms with E-state index in [1.54, 1.807) is 12.1 Å². The Balaban J connectivity index is 1.50. The number of rotatable bonds is 9. The first-order chi connectivity index (χ1) is 17.1. The van der Waals surface area contributed by atoms with Crippen LogP contribution in [-0.4, -0.2) is 66.2 Å². The van der Waals surface area contributed by atoms with E-state index in [4.69, 9.17) is 14.5 Å². The normalized spacial score (nSPS) is 17.0. The maximum Gasteiger partial charge on any atom is 0.470 e. The number of carbonyl (C=O) groups excluding carboxylic acids is 1. The van der Waals surface area contributed by atoms with Crippen LogP contribution in [0.4, 0.5) is 23.7 Å². The lowest BCUT2D eigenvalue weighted by Crippen LogP contribution is -2.38. The number of hydrogen-bond acceptors (Lipinski definition) is 8. The fourth-order valence-electron chi connectivity index (χ4n) is 3.53. The maximum absolute atomic E-state index is 14.9. The number of halogens is 3. The lowest BCUT2D eigenvalue weighted by molar-refractivity contribution is -0.0610. The van der Waals surface area contributed by atoms with Crippen LogP contribution in [0.2, 0.25) is 0 Å². The molecule has 4 rings (SSSR count). The molecule has 0 radical (unpaired) electrons. The number of carbonyl (C=O) groups is 1. The quantitative estimate of drug-likeness (QED) is 0.396. The molecule has 0 saturated carbocycles. The molecule has 2 N–H and O–H groups in total. The Hall–Kier alpha value is -3.39. The van der Waals surface area contributed by atoms with E-state index in [1.807, 2.05) is 6.92 Å². The third-order valence-corrected chi connectivity index (χ3v) is 5.67. The second kappa shape index (κ2) is 10.3. The molecule has 1 aliphatic heterocycles. The monoisotopic (exact) mass is 528 g/mol. The van der Waals surface area contributed by atoms with Crippen LogP contribution < -0.4 is 4.90 Å². The lowest BCUT2D eigenvalue weighted by Gasteiger charge is -2.21. The summed E-state index contributed by atoms with van der Waals surface area (Å²) in [6.45, 7) is 2.05. The van der Waals surface area contributed by atoms with Gasteiger partial charge in [0.1, 0.15) is 11.5 Å². The summed E-state index contributed by atoms with van der Waals surface area (Å²) in [6.07, 6.45) is -6.25. The molecule has 2 atom stereocenters. The molecule has 1 aromatic carbocycles. The van der Waals surface area contributed by atoms with Crippen molar-refractivity contribution in [2.24, 2.45) is 0 Å². The van der Waals surface area contributed by atoms with Gasteiger partial charge in [-0.2, -0.15) is 4.80 Å². The van der Waals surface area contributed by atoms with E-state index < -0.39 is 44.9 Å². The number of nitrogens with zero attached hydrogens (tertiary/aromatic N) is 6. The molecule has 1 aliphatic rings. The molecule has 0 aliphatic carbocycles. The third-order valence-electron chi connectivity index (χ3n) is 5.15. The molecule has 0 spiro atoms. The van der Waals surface area contributed by atoms with Gasteiger partial charge in [-0.05, 0) is 35.9 Å². The molecule has 16 heteroatoms. The van der Waals surface area contributed by atoms with Gasteiger partial charge < -0.3 is 14.5 Å². The Labute approximate surface area is 201 Å². The first-order valence-electron chi connectivity index (χ1n) is 10.6. The van der Waals surface area contributed by atoms with Crippen LogP contribution in [0.15, 0.2) is 36.5 Å². The summed E-state index contributed by atoms with van der Waals surface area (Å²) < 4.78 is 61.4. The van der Waals surface area contributed by atoms with Crippen molar-refractivity contribution in [3.05, 3.63) is 42.3 Å². The predicted molar refractivity (Wildman–Crippen MR) is 117 cm³/mol. The van der Waals surface area contributed by atoms with Gasteiger partial charge in [-0.3, -0.25) is 14.4 Å². The topological polar surface area (TPSA) is 153 Å². The average Bonchev–Trinajstić information content (AvgIpc) is 3.44. The van der Waals surface area contributed by atoms with Crippen molar-refractivity contribution in [1.29, 1.82) is 0 Å². The number of aryl methyl sites for hydroxylation is 1. The van der Waals surface area contributed by atoms with Gasteiger partial charge in [0.05, 0.1) is 18.8 Å². The number of phosphoric acid groups is 1. The maximum atomic E-state index is 14.9. The number of anilines is 1. The highest BCUT2D eigenvalue weighted by Crippen LogP contribution is 2.41. The molecule has 2 aromatic heterocycles. The van der Waals surface area contributed by atoms with E-state index >= 15 is 0 Å². The number of ether oxygens (including phenoxy) is 1. The molecule has 1 unspecified atom stereocenters. The molecule has 192 valence electrons. The van der Waals surface area contributed by atoms with Crippen molar-refractivity contribution >= 4 is 19.6 Å². The van der Waals surface area contributed by atoms with Gasteiger partial charge in [-0.15, -0.1) is 10.2 Å². The molecule has 12 nitrogen and oxygen atoms in total. The van der Waals surface area contributed by atoms with Crippen molar-refractivity contribution < 1.29 is 41.6 Å². The van der Waals surface area contributed by atoms with Gasteiger partial charge in [0.25, 0.3) is 6.43 Å². The molecule has 3 heterocycles. The minimum absolute atomic E-state index is 0.00531. The first kappa shape index (κ1) is 25.7. The molecule has 36 heavy (non-hydrogen) atoms. The molecule has 0 bridgehead atoms. The van der Waals surface area contributed by atoms with Gasteiger partial charge in [-0.1, -0.05) is 13.0 Å². The van der Waals surface area contributed by atoms with Crippen molar-refractivity contribution in [2.45, 2.75) is 38.5 Å². The van der Waals surface area contributed by atoms with Gasteiger partial charge in [0.2, 0.25) is 5.82 Å². The second-order valence-corrected chi connectivity index (χ2v) is 8.93. The Morgan fingerprint density at radius 1 is 1.28 bits per heavy atom. The Morgan fingerprint density at radius 2 is 2.06 bits per heavy atom. The van der Waals surface area contributed by atoms with Crippen molar-refractivity contribution in [3.8, 4) is 22.6 Å². The highest BCUT2D eigenvalue weighted by molar-refractivity contribution is 7.46. The molecular weight excluding hydrogens is 508 g/mol. The summed E-state index contributed by atoms with van der Waals surface area (Å²) in [4.78, 5) is 36.5. The number of phosphoric ester groups is 1. The number of cyclic esters (lactones) is 1. The first-order valence-corrected chi connectivity index (χ1v) is 12.1. The predicted octanol–water partition coefficient (Wildman–Crippen LogP) is 3.02. The van der Waals surface area contributed by atoms with Gasteiger partial charge in [-0.25, -0.2) is 22.5 Å². The summed E-state index contributed by atoms with van der Waals surface area (Å²) >= 11 is 0. The highest BCUT2D eigenvalue weighted by atomic mass is 31.2. The zero-order valence-electron chi connectivity index (χ0n) is 18.6. The second-order valence-electron chi connectivity index (χ2n) is 7.73.